The highest BCUT2D eigenvalue weighted by Gasteiger charge is 2.47. The van der Waals surface area contributed by atoms with Gasteiger partial charge in [0.15, 0.2) is 0 Å². The van der Waals surface area contributed by atoms with Crippen LogP contribution in [0, 0.1) is 31.6 Å². The molecule has 2 N–H and O–H groups in total. The van der Waals surface area contributed by atoms with Crippen molar-refractivity contribution in [1.29, 1.82) is 0 Å². The SMILES string of the molecule is Cc1ccc(C)c(C(=O)NC2C3CCC(C3)C2CO)c1. The normalized spacial score (nSPS) is 31.6. The van der Waals surface area contributed by atoms with Crippen molar-refractivity contribution < 1.29 is 9.90 Å². The lowest BCUT2D eigenvalue weighted by atomic mass is 9.85. The summed E-state index contributed by atoms with van der Waals surface area (Å²) in [5.74, 6) is 1.44. The van der Waals surface area contributed by atoms with Crippen molar-refractivity contribution in [3.63, 3.8) is 0 Å². The van der Waals surface area contributed by atoms with E-state index in [4.69, 9.17) is 0 Å². The molecule has 0 aliphatic heterocycles. The molecule has 0 radical (unpaired) electrons. The Balaban J connectivity index is 1.77. The second-order valence-corrected chi connectivity index (χ2v) is 6.50. The molecule has 2 saturated carbocycles. The molecule has 2 fully saturated rings. The maximum Gasteiger partial charge on any atom is 0.251 e. The number of aryl methyl sites for hydroxylation is 2. The van der Waals surface area contributed by atoms with Gasteiger partial charge in [-0.3, -0.25) is 4.79 Å². The van der Waals surface area contributed by atoms with Crippen LogP contribution in [-0.2, 0) is 0 Å². The predicted octanol–water partition coefficient (Wildman–Crippen LogP) is 2.44. The summed E-state index contributed by atoms with van der Waals surface area (Å²) in [7, 11) is 0. The van der Waals surface area contributed by atoms with Gasteiger partial charge in [0.25, 0.3) is 5.91 Å². The minimum Gasteiger partial charge on any atom is -0.396 e. The van der Waals surface area contributed by atoms with Crippen molar-refractivity contribution in [3.05, 3.63) is 34.9 Å². The number of aliphatic hydroxyl groups is 1. The molecule has 4 unspecified atom stereocenters. The van der Waals surface area contributed by atoms with Crippen LogP contribution in [0.25, 0.3) is 0 Å². The zero-order valence-corrected chi connectivity index (χ0v) is 12.2. The number of hydrogen-bond donors (Lipinski definition) is 2. The zero-order valence-electron chi connectivity index (χ0n) is 12.2. The van der Waals surface area contributed by atoms with Crippen LogP contribution < -0.4 is 5.32 Å². The average molecular weight is 273 g/mol. The minimum atomic E-state index is 0.0159. The fraction of sp³-hybridized carbons (Fsp3) is 0.588. The average Bonchev–Trinajstić information content (AvgIpc) is 3.02. The van der Waals surface area contributed by atoms with E-state index in [2.05, 4.69) is 5.32 Å². The van der Waals surface area contributed by atoms with E-state index in [0.29, 0.717) is 11.8 Å². The molecule has 0 spiro atoms. The molecule has 1 aromatic rings. The Hall–Kier alpha value is -1.35. The van der Waals surface area contributed by atoms with Crippen LogP contribution in [0.3, 0.4) is 0 Å². The molecule has 3 heteroatoms. The third-order valence-corrected chi connectivity index (χ3v) is 5.23. The highest BCUT2D eigenvalue weighted by molar-refractivity contribution is 5.96. The van der Waals surface area contributed by atoms with Gasteiger partial charge in [-0.05, 0) is 56.6 Å². The van der Waals surface area contributed by atoms with Crippen LogP contribution >= 0.6 is 0 Å². The van der Waals surface area contributed by atoms with E-state index in [9.17, 15) is 9.90 Å². The molecule has 1 amide bonds. The first-order valence-electron chi connectivity index (χ1n) is 7.59. The molecule has 3 nitrogen and oxygen atoms in total. The number of fused-ring (bicyclic) bond motifs is 2. The van der Waals surface area contributed by atoms with Crippen LogP contribution in [0.5, 0.6) is 0 Å². The van der Waals surface area contributed by atoms with E-state index in [1.807, 2.05) is 32.0 Å². The summed E-state index contributed by atoms with van der Waals surface area (Å²) < 4.78 is 0. The summed E-state index contributed by atoms with van der Waals surface area (Å²) in [5.41, 5.74) is 2.88. The van der Waals surface area contributed by atoms with E-state index in [1.165, 1.54) is 19.3 Å². The van der Waals surface area contributed by atoms with Gasteiger partial charge in [-0.15, -0.1) is 0 Å². The lowest BCUT2D eigenvalue weighted by Gasteiger charge is -2.30. The predicted molar refractivity (Wildman–Crippen MR) is 78.6 cm³/mol. The quantitative estimate of drug-likeness (QED) is 0.888. The third kappa shape index (κ3) is 2.24. The van der Waals surface area contributed by atoms with Crippen molar-refractivity contribution in [2.75, 3.05) is 6.61 Å². The maximum atomic E-state index is 12.5. The highest BCUT2D eigenvalue weighted by Crippen LogP contribution is 2.48. The van der Waals surface area contributed by atoms with Crippen molar-refractivity contribution in [2.24, 2.45) is 17.8 Å². The van der Waals surface area contributed by atoms with Crippen LogP contribution in [0.1, 0.15) is 40.7 Å². The fourth-order valence-electron chi connectivity index (χ4n) is 4.11. The number of hydrogen-bond acceptors (Lipinski definition) is 2. The number of carbonyl (C=O) groups excluding carboxylic acids is 1. The standard InChI is InChI=1S/C17H23NO2/c1-10-3-4-11(2)14(7-10)17(20)18-16-13-6-5-12(8-13)15(16)9-19/h3-4,7,12-13,15-16,19H,5-6,8-9H2,1-2H3,(H,18,20). The van der Waals surface area contributed by atoms with E-state index in [1.54, 1.807) is 0 Å². The Labute approximate surface area is 120 Å². The Morgan fingerprint density at radius 3 is 2.80 bits per heavy atom. The topological polar surface area (TPSA) is 49.3 Å². The molecule has 2 aliphatic carbocycles. The lowest BCUT2D eigenvalue weighted by molar-refractivity contribution is 0.0861. The molecule has 2 aliphatic rings. The van der Waals surface area contributed by atoms with Crippen molar-refractivity contribution in [3.8, 4) is 0 Å². The Morgan fingerprint density at radius 1 is 1.30 bits per heavy atom. The first-order chi connectivity index (χ1) is 9.60. The summed E-state index contributed by atoms with van der Waals surface area (Å²) in [6, 6.07) is 6.13. The molecular formula is C17H23NO2. The van der Waals surface area contributed by atoms with E-state index < -0.39 is 0 Å². The second-order valence-electron chi connectivity index (χ2n) is 6.50. The number of aliphatic hydroxyl groups excluding tert-OH is 1. The maximum absolute atomic E-state index is 12.5. The van der Waals surface area contributed by atoms with Gasteiger partial charge >= 0.3 is 0 Å². The monoisotopic (exact) mass is 273 g/mol. The van der Waals surface area contributed by atoms with E-state index >= 15 is 0 Å². The minimum absolute atomic E-state index is 0.0159. The molecular weight excluding hydrogens is 250 g/mol. The van der Waals surface area contributed by atoms with Gasteiger partial charge in [-0.2, -0.15) is 0 Å². The molecule has 0 heterocycles. The van der Waals surface area contributed by atoms with Gasteiger partial charge in [0.05, 0.1) is 0 Å². The first-order valence-corrected chi connectivity index (χ1v) is 7.59. The molecule has 4 atom stereocenters. The summed E-state index contributed by atoms with van der Waals surface area (Å²) in [4.78, 5) is 12.5. The van der Waals surface area contributed by atoms with Gasteiger partial charge in [0.2, 0.25) is 0 Å². The smallest absolute Gasteiger partial charge is 0.251 e. The Bertz CT molecular complexity index is 526. The van der Waals surface area contributed by atoms with Crippen molar-refractivity contribution in [1.82, 2.24) is 5.32 Å². The van der Waals surface area contributed by atoms with E-state index in [-0.39, 0.29) is 24.5 Å². The van der Waals surface area contributed by atoms with E-state index in [0.717, 1.165) is 16.7 Å². The van der Waals surface area contributed by atoms with Gasteiger partial charge in [0.1, 0.15) is 0 Å². The lowest BCUT2D eigenvalue weighted by Crippen LogP contribution is -2.45. The molecule has 2 bridgehead atoms. The first kappa shape index (κ1) is 13.6. The largest absolute Gasteiger partial charge is 0.396 e. The Kier molecular flexibility index (Phi) is 3.55. The molecule has 0 saturated heterocycles. The molecule has 3 rings (SSSR count). The zero-order chi connectivity index (χ0) is 14.3. The molecule has 0 aromatic heterocycles. The summed E-state index contributed by atoms with van der Waals surface area (Å²) in [6.07, 6.45) is 3.58. The number of rotatable bonds is 3. The number of nitrogens with one attached hydrogen (secondary N) is 1. The van der Waals surface area contributed by atoms with Crippen LogP contribution in [-0.4, -0.2) is 23.7 Å². The Morgan fingerprint density at radius 2 is 2.05 bits per heavy atom. The second kappa shape index (κ2) is 5.21. The van der Waals surface area contributed by atoms with Gasteiger partial charge in [-0.25, -0.2) is 0 Å². The summed E-state index contributed by atoms with van der Waals surface area (Å²) >= 11 is 0. The summed E-state index contributed by atoms with van der Waals surface area (Å²) in [6.45, 7) is 4.17. The van der Waals surface area contributed by atoms with Gasteiger partial charge in [0, 0.05) is 24.1 Å². The third-order valence-electron chi connectivity index (χ3n) is 5.23. The number of benzene rings is 1. The van der Waals surface area contributed by atoms with Gasteiger partial charge in [-0.1, -0.05) is 17.7 Å². The highest BCUT2D eigenvalue weighted by atomic mass is 16.3. The summed E-state index contributed by atoms with van der Waals surface area (Å²) in [5, 5.41) is 12.8. The van der Waals surface area contributed by atoms with Crippen molar-refractivity contribution in [2.45, 2.75) is 39.2 Å². The fourth-order valence-corrected chi connectivity index (χ4v) is 4.11. The van der Waals surface area contributed by atoms with Crippen LogP contribution in [0.15, 0.2) is 18.2 Å². The van der Waals surface area contributed by atoms with Gasteiger partial charge < -0.3 is 10.4 Å². The number of carbonyl (C=O) groups is 1. The number of amides is 1. The van der Waals surface area contributed by atoms with Crippen molar-refractivity contribution >= 4 is 5.91 Å². The molecule has 108 valence electrons. The molecule has 20 heavy (non-hydrogen) atoms. The molecule has 1 aromatic carbocycles. The van der Waals surface area contributed by atoms with Crippen LogP contribution in [0.2, 0.25) is 0 Å². The van der Waals surface area contributed by atoms with Crippen LogP contribution in [0.4, 0.5) is 0 Å².